The van der Waals surface area contributed by atoms with Gasteiger partial charge in [0.15, 0.2) is 0 Å². The van der Waals surface area contributed by atoms with Crippen LogP contribution in [0, 0.1) is 6.92 Å². The smallest absolute Gasteiger partial charge is 0.227 e. The number of carbonyl (C=O) groups excluding carboxylic acids is 2. The molecule has 2 aliphatic heterocycles. The summed E-state index contributed by atoms with van der Waals surface area (Å²) in [7, 11) is 0. The first-order valence-corrected chi connectivity index (χ1v) is 11.1. The van der Waals surface area contributed by atoms with E-state index in [0.717, 1.165) is 29.5 Å². The number of amides is 2. The minimum absolute atomic E-state index is 0.0328. The Labute approximate surface area is 188 Å². The topological polar surface area (TPSA) is 53.1 Å². The van der Waals surface area contributed by atoms with Gasteiger partial charge in [-0.1, -0.05) is 29.8 Å². The van der Waals surface area contributed by atoms with Gasteiger partial charge in [-0.05, 0) is 43.7 Å². The van der Waals surface area contributed by atoms with E-state index in [2.05, 4.69) is 11.8 Å². The summed E-state index contributed by atoms with van der Waals surface area (Å²) in [5, 5.41) is 0.719. The number of hydrogen-bond acceptors (Lipinski definition) is 4. The molecule has 0 radical (unpaired) electrons. The number of nitrogens with zero attached hydrogens (tertiary/aromatic N) is 3. The molecule has 1 saturated heterocycles. The molecule has 0 aliphatic carbocycles. The van der Waals surface area contributed by atoms with Crippen LogP contribution in [0.5, 0.6) is 5.75 Å². The molecule has 4 rings (SSSR count). The highest BCUT2D eigenvalue weighted by atomic mass is 35.5. The van der Waals surface area contributed by atoms with Crippen LogP contribution in [0.1, 0.15) is 25.3 Å². The minimum Gasteiger partial charge on any atom is -0.487 e. The van der Waals surface area contributed by atoms with Gasteiger partial charge in [0.25, 0.3) is 0 Å². The van der Waals surface area contributed by atoms with Gasteiger partial charge in [0.05, 0.1) is 12.2 Å². The molecule has 164 valence electrons. The predicted molar refractivity (Wildman–Crippen MR) is 123 cm³/mol. The third-order valence-corrected chi connectivity index (χ3v) is 6.16. The molecule has 0 bridgehead atoms. The summed E-state index contributed by atoms with van der Waals surface area (Å²) < 4.78 is 5.81. The highest BCUT2D eigenvalue weighted by molar-refractivity contribution is 6.30. The zero-order valence-electron chi connectivity index (χ0n) is 18.0. The van der Waals surface area contributed by atoms with Crippen molar-refractivity contribution in [3.8, 4) is 5.75 Å². The van der Waals surface area contributed by atoms with E-state index in [-0.39, 0.29) is 30.8 Å². The lowest BCUT2D eigenvalue weighted by Gasteiger charge is -2.37. The maximum atomic E-state index is 12.9. The van der Waals surface area contributed by atoms with Crippen LogP contribution < -0.4 is 14.5 Å². The van der Waals surface area contributed by atoms with Gasteiger partial charge in [0.2, 0.25) is 11.8 Å². The Bertz CT molecular complexity index is 972. The van der Waals surface area contributed by atoms with Crippen molar-refractivity contribution < 1.29 is 14.3 Å². The molecule has 2 aromatic rings. The summed E-state index contributed by atoms with van der Waals surface area (Å²) in [4.78, 5) is 31.5. The van der Waals surface area contributed by atoms with E-state index in [1.165, 1.54) is 5.56 Å². The molecule has 0 unspecified atom stereocenters. The molecule has 0 N–H and O–H groups in total. The van der Waals surface area contributed by atoms with Crippen molar-refractivity contribution in [3.05, 3.63) is 53.1 Å². The Balaban J connectivity index is 1.31. The SMILES string of the molecule is Cc1ccc(Cl)cc1N1CCN(C(=O)CCC(=O)N2C[C@H](C)Oc3ccccc32)CC1. The van der Waals surface area contributed by atoms with Gasteiger partial charge >= 0.3 is 0 Å². The molecule has 6 nitrogen and oxygen atoms in total. The zero-order valence-corrected chi connectivity index (χ0v) is 18.8. The van der Waals surface area contributed by atoms with E-state index in [1.807, 2.05) is 54.3 Å². The van der Waals surface area contributed by atoms with E-state index in [4.69, 9.17) is 16.3 Å². The fourth-order valence-corrected chi connectivity index (χ4v) is 4.42. The van der Waals surface area contributed by atoms with Crippen LogP contribution in [0.3, 0.4) is 0 Å². The van der Waals surface area contributed by atoms with Crippen LogP contribution in [0.4, 0.5) is 11.4 Å². The van der Waals surface area contributed by atoms with Gasteiger partial charge in [-0.2, -0.15) is 0 Å². The second-order valence-electron chi connectivity index (χ2n) is 8.20. The van der Waals surface area contributed by atoms with Gasteiger partial charge in [-0.15, -0.1) is 0 Å². The standard InChI is InChI=1S/C24H28ClN3O3/c1-17-7-8-19(25)15-21(17)26-11-13-27(14-12-26)23(29)9-10-24(30)28-16-18(2)31-22-6-4-3-5-20(22)28/h3-8,15,18H,9-14,16H2,1-2H3/t18-/m0/s1. The maximum Gasteiger partial charge on any atom is 0.227 e. The van der Waals surface area contributed by atoms with Crippen LogP contribution in [-0.4, -0.2) is 55.5 Å². The van der Waals surface area contributed by atoms with E-state index in [0.29, 0.717) is 25.4 Å². The first kappa shape index (κ1) is 21.5. The molecule has 2 aliphatic rings. The van der Waals surface area contributed by atoms with Crippen molar-refractivity contribution in [2.75, 3.05) is 42.5 Å². The van der Waals surface area contributed by atoms with Crippen molar-refractivity contribution in [2.45, 2.75) is 32.8 Å². The average molecular weight is 442 g/mol. The van der Waals surface area contributed by atoms with Crippen LogP contribution in [0.15, 0.2) is 42.5 Å². The number of anilines is 2. The number of carbonyl (C=O) groups is 2. The number of ether oxygens (including phenoxy) is 1. The molecule has 0 saturated carbocycles. The molecule has 2 heterocycles. The van der Waals surface area contributed by atoms with E-state index < -0.39 is 0 Å². The summed E-state index contributed by atoms with van der Waals surface area (Å²) in [5.41, 5.74) is 3.08. The first-order valence-electron chi connectivity index (χ1n) is 10.8. The zero-order chi connectivity index (χ0) is 22.0. The molecule has 2 amide bonds. The number of para-hydroxylation sites is 2. The summed E-state index contributed by atoms with van der Waals surface area (Å²) in [6.07, 6.45) is 0.355. The van der Waals surface area contributed by atoms with Crippen molar-refractivity contribution in [3.63, 3.8) is 0 Å². The second-order valence-corrected chi connectivity index (χ2v) is 8.64. The van der Waals surface area contributed by atoms with Crippen LogP contribution >= 0.6 is 11.6 Å². The van der Waals surface area contributed by atoms with E-state index in [1.54, 1.807) is 4.90 Å². The van der Waals surface area contributed by atoms with E-state index >= 15 is 0 Å². The Morgan fingerprint density at radius 3 is 2.48 bits per heavy atom. The third kappa shape index (κ3) is 4.79. The molecular weight excluding hydrogens is 414 g/mol. The van der Waals surface area contributed by atoms with Gasteiger partial charge in [-0.3, -0.25) is 9.59 Å². The molecule has 1 fully saturated rings. The number of fused-ring (bicyclic) bond motifs is 1. The number of hydrogen-bond donors (Lipinski definition) is 0. The number of piperazine rings is 1. The summed E-state index contributed by atoms with van der Waals surface area (Å²) in [5.74, 6) is 0.711. The Morgan fingerprint density at radius 2 is 1.71 bits per heavy atom. The van der Waals surface area contributed by atoms with Crippen molar-refractivity contribution in [2.24, 2.45) is 0 Å². The van der Waals surface area contributed by atoms with Crippen LogP contribution in [-0.2, 0) is 9.59 Å². The van der Waals surface area contributed by atoms with Gasteiger partial charge < -0.3 is 19.4 Å². The fourth-order valence-electron chi connectivity index (χ4n) is 4.25. The normalized spacial score (nSPS) is 18.4. The number of rotatable bonds is 4. The monoisotopic (exact) mass is 441 g/mol. The Hall–Kier alpha value is -2.73. The Kier molecular flexibility index (Phi) is 6.37. The summed E-state index contributed by atoms with van der Waals surface area (Å²) >= 11 is 6.16. The summed E-state index contributed by atoms with van der Waals surface area (Å²) in [6.45, 7) is 7.33. The van der Waals surface area contributed by atoms with Crippen molar-refractivity contribution in [1.82, 2.24) is 4.90 Å². The lowest BCUT2D eigenvalue weighted by Crippen LogP contribution is -2.49. The quantitative estimate of drug-likeness (QED) is 0.722. The highest BCUT2D eigenvalue weighted by Crippen LogP contribution is 2.33. The first-order chi connectivity index (χ1) is 14.9. The molecular formula is C24H28ClN3O3. The fraction of sp³-hybridized carbons (Fsp3) is 0.417. The van der Waals surface area contributed by atoms with Crippen LogP contribution in [0.2, 0.25) is 5.02 Å². The molecule has 31 heavy (non-hydrogen) atoms. The van der Waals surface area contributed by atoms with Crippen LogP contribution in [0.25, 0.3) is 0 Å². The van der Waals surface area contributed by atoms with Gasteiger partial charge in [0.1, 0.15) is 11.9 Å². The van der Waals surface area contributed by atoms with Crippen molar-refractivity contribution in [1.29, 1.82) is 0 Å². The van der Waals surface area contributed by atoms with Crippen molar-refractivity contribution >= 4 is 34.8 Å². The van der Waals surface area contributed by atoms with Gasteiger partial charge in [0, 0.05) is 49.7 Å². The lowest BCUT2D eigenvalue weighted by molar-refractivity contribution is -0.133. The number of halogens is 1. The van der Waals surface area contributed by atoms with E-state index in [9.17, 15) is 9.59 Å². The Morgan fingerprint density at radius 1 is 1.00 bits per heavy atom. The van der Waals surface area contributed by atoms with Gasteiger partial charge in [-0.25, -0.2) is 0 Å². The number of benzene rings is 2. The molecule has 1 atom stereocenters. The molecule has 0 spiro atoms. The predicted octanol–water partition coefficient (Wildman–Crippen LogP) is 3.89. The lowest BCUT2D eigenvalue weighted by atomic mass is 10.1. The number of aryl methyl sites for hydroxylation is 1. The summed E-state index contributed by atoms with van der Waals surface area (Å²) in [6, 6.07) is 13.4. The third-order valence-electron chi connectivity index (χ3n) is 5.92. The maximum absolute atomic E-state index is 12.9. The highest BCUT2D eigenvalue weighted by Gasteiger charge is 2.28. The molecule has 7 heteroatoms. The minimum atomic E-state index is -0.0717. The molecule has 0 aromatic heterocycles. The average Bonchev–Trinajstić information content (AvgIpc) is 2.78. The second kappa shape index (κ2) is 9.18. The molecule has 2 aromatic carbocycles. The largest absolute Gasteiger partial charge is 0.487 e.